The van der Waals surface area contributed by atoms with Crippen molar-refractivity contribution in [2.75, 3.05) is 0 Å². The molecular weight excluding hydrogens is 488 g/mol. The summed E-state index contributed by atoms with van der Waals surface area (Å²) in [5.41, 5.74) is -1.29. The first-order valence-corrected chi connectivity index (χ1v) is 14.9. The van der Waals surface area contributed by atoms with Crippen LogP contribution in [0.1, 0.15) is 113 Å². The van der Waals surface area contributed by atoms with Gasteiger partial charge in [0.2, 0.25) is 0 Å². The van der Waals surface area contributed by atoms with Gasteiger partial charge in [-0.15, -0.1) is 0 Å². The number of carbonyl (C=O) groups excluding carboxylic acids is 2. The van der Waals surface area contributed by atoms with Crippen LogP contribution in [0.2, 0.25) is 0 Å². The van der Waals surface area contributed by atoms with E-state index in [1.54, 1.807) is 6.92 Å². The topological polar surface area (TPSA) is 126 Å². The van der Waals surface area contributed by atoms with E-state index >= 15 is 0 Å². The minimum atomic E-state index is -1.29. The summed E-state index contributed by atoms with van der Waals surface area (Å²) in [7, 11) is 0. The lowest BCUT2D eigenvalue weighted by Crippen LogP contribution is -2.44. The van der Waals surface area contributed by atoms with Crippen molar-refractivity contribution >= 4 is 11.9 Å². The molecule has 2 rings (SSSR count). The van der Waals surface area contributed by atoms with Gasteiger partial charge in [0.1, 0.15) is 12.2 Å². The SMILES string of the molecule is CCC(O)C(C)C1OC1CC(C)CCCC(C)C1OC(=O)CC(O)CCC(C)(O)C(OC(C)=O)CCC1C. The number of hydrogen-bond acceptors (Lipinski definition) is 8. The zero-order valence-electron chi connectivity index (χ0n) is 24.7. The Morgan fingerprint density at radius 2 is 1.84 bits per heavy atom. The molecule has 0 aliphatic carbocycles. The average Bonchev–Trinajstić information content (AvgIpc) is 3.60. The standard InChI is InChI=1S/C30H54O8/c1-8-24(33)21(5)29-25(37-29)16-18(2)10-9-11-19(3)28-20(4)12-13-26(36-22(6)31)30(7,35)15-14-23(32)17-27(34)38-28/h18-21,23-26,28-29,32-33,35H,8-17H2,1-7H3. The third kappa shape index (κ3) is 10.4. The monoisotopic (exact) mass is 542 g/mol. The Balaban J connectivity index is 1.93. The highest BCUT2D eigenvalue weighted by atomic mass is 16.6. The first-order chi connectivity index (χ1) is 17.7. The zero-order valence-corrected chi connectivity index (χ0v) is 24.7. The van der Waals surface area contributed by atoms with Gasteiger partial charge in [-0.25, -0.2) is 0 Å². The maximum Gasteiger partial charge on any atom is 0.308 e. The number of aliphatic hydroxyl groups excluding tert-OH is 2. The maximum absolute atomic E-state index is 12.7. The largest absolute Gasteiger partial charge is 0.462 e. The molecule has 0 radical (unpaired) electrons. The van der Waals surface area contributed by atoms with Gasteiger partial charge in [-0.05, 0) is 69.6 Å². The van der Waals surface area contributed by atoms with Crippen LogP contribution in [0.25, 0.3) is 0 Å². The van der Waals surface area contributed by atoms with Crippen LogP contribution in [0.15, 0.2) is 0 Å². The van der Waals surface area contributed by atoms with Crippen LogP contribution in [0, 0.1) is 23.7 Å². The normalized spacial score (nSPS) is 36.1. The van der Waals surface area contributed by atoms with Crippen molar-refractivity contribution in [2.24, 2.45) is 23.7 Å². The van der Waals surface area contributed by atoms with Gasteiger partial charge in [-0.3, -0.25) is 9.59 Å². The van der Waals surface area contributed by atoms with Crippen molar-refractivity contribution in [2.45, 2.75) is 155 Å². The van der Waals surface area contributed by atoms with E-state index in [-0.39, 0.29) is 61.4 Å². The number of rotatable bonds is 11. The van der Waals surface area contributed by atoms with Crippen molar-refractivity contribution in [3.63, 3.8) is 0 Å². The van der Waals surface area contributed by atoms with Crippen molar-refractivity contribution in [1.82, 2.24) is 0 Å². The molecule has 3 N–H and O–H groups in total. The molecule has 0 saturated carbocycles. The molecule has 2 aliphatic heterocycles. The second-order valence-corrected chi connectivity index (χ2v) is 12.6. The molecule has 0 bridgehead atoms. The molecule has 0 aromatic carbocycles. The molecule has 222 valence electrons. The van der Waals surface area contributed by atoms with Crippen LogP contribution in [0.3, 0.4) is 0 Å². The number of cyclic esters (lactones) is 1. The Morgan fingerprint density at radius 3 is 2.47 bits per heavy atom. The van der Waals surface area contributed by atoms with Crippen molar-refractivity contribution in [3.8, 4) is 0 Å². The lowest BCUT2D eigenvalue weighted by molar-refractivity contribution is -0.166. The van der Waals surface area contributed by atoms with Crippen LogP contribution >= 0.6 is 0 Å². The molecule has 11 unspecified atom stereocenters. The predicted octanol–water partition coefficient (Wildman–Crippen LogP) is 4.55. The minimum Gasteiger partial charge on any atom is -0.462 e. The van der Waals surface area contributed by atoms with Crippen molar-refractivity contribution in [3.05, 3.63) is 0 Å². The van der Waals surface area contributed by atoms with Crippen LogP contribution < -0.4 is 0 Å². The third-order valence-corrected chi connectivity index (χ3v) is 8.82. The minimum absolute atomic E-state index is 0.00361. The van der Waals surface area contributed by atoms with Crippen LogP contribution in [0.5, 0.6) is 0 Å². The van der Waals surface area contributed by atoms with Gasteiger partial charge in [0.15, 0.2) is 0 Å². The van der Waals surface area contributed by atoms with E-state index in [0.717, 1.165) is 32.1 Å². The van der Waals surface area contributed by atoms with Crippen molar-refractivity contribution in [1.29, 1.82) is 0 Å². The molecule has 0 aromatic heterocycles. The highest BCUT2D eigenvalue weighted by Gasteiger charge is 2.45. The van der Waals surface area contributed by atoms with Crippen LogP contribution in [0.4, 0.5) is 0 Å². The molecular formula is C30H54O8. The molecule has 0 amide bonds. The van der Waals surface area contributed by atoms with Gasteiger partial charge in [-0.1, -0.05) is 47.5 Å². The van der Waals surface area contributed by atoms with E-state index in [4.69, 9.17) is 14.2 Å². The van der Waals surface area contributed by atoms with E-state index in [9.17, 15) is 24.9 Å². The summed E-state index contributed by atoms with van der Waals surface area (Å²) in [6, 6.07) is 0. The number of epoxide rings is 1. The highest BCUT2D eigenvalue weighted by Crippen LogP contribution is 2.37. The van der Waals surface area contributed by atoms with Crippen LogP contribution in [-0.4, -0.2) is 69.5 Å². The summed E-state index contributed by atoms with van der Waals surface area (Å²) in [5.74, 6) is -0.0625. The Bertz CT molecular complexity index is 740. The first-order valence-electron chi connectivity index (χ1n) is 14.9. The smallest absolute Gasteiger partial charge is 0.308 e. The van der Waals surface area contributed by atoms with Gasteiger partial charge in [0.05, 0.1) is 36.4 Å². The number of ether oxygens (including phenoxy) is 3. The maximum atomic E-state index is 12.7. The second-order valence-electron chi connectivity index (χ2n) is 12.6. The van der Waals surface area contributed by atoms with Gasteiger partial charge in [0, 0.05) is 12.8 Å². The fraction of sp³-hybridized carbons (Fsp3) is 0.933. The van der Waals surface area contributed by atoms with E-state index in [0.29, 0.717) is 18.8 Å². The molecule has 2 saturated heterocycles. The van der Waals surface area contributed by atoms with Gasteiger partial charge < -0.3 is 29.5 Å². The molecule has 0 spiro atoms. The fourth-order valence-electron chi connectivity index (χ4n) is 6.05. The Kier molecular flexibility index (Phi) is 13.0. The quantitative estimate of drug-likeness (QED) is 0.256. The molecule has 8 nitrogen and oxygen atoms in total. The van der Waals surface area contributed by atoms with E-state index in [1.807, 2.05) is 13.8 Å². The molecule has 11 atom stereocenters. The molecule has 38 heavy (non-hydrogen) atoms. The Labute approximate surface area is 229 Å². The summed E-state index contributed by atoms with van der Waals surface area (Å²) in [6.07, 6.45) is 4.26. The highest BCUT2D eigenvalue weighted by molar-refractivity contribution is 5.70. The predicted molar refractivity (Wildman–Crippen MR) is 145 cm³/mol. The number of esters is 2. The van der Waals surface area contributed by atoms with Crippen LogP contribution in [-0.2, 0) is 23.8 Å². The average molecular weight is 543 g/mol. The lowest BCUT2D eigenvalue weighted by Gasteiger charge is -2.36. The summed E-state index contributed by atoms with van der Waals surface area (Å²) in [5, 5.41) is 31.5. The van der Waals surface area contributed by atoms with Crippen molar-refractivity contribution < 1.29 is 39.1 Å². The molecule has 2 heterocycles. The second kappa shape index (κ2) is 15.0. The zero-order chi connectivity index (χ0) is 28.6. The van der Waals surface area contributed by atoms with E-state index < -0.39 is 29.7 Å². The molecule has 8 heteroatoms. The summed E-state index contributed by atoms with van der Waals surface area (Å²) >= 11 is 0. The fourth-order valence-corrected chi connectivity index (χ4v) is 6.05. The van der Waals surface area contributed by atoms with E-state index in [2.05, 4.69) is 20.8 Å². The molecule has 0 aromatic rings. The summed E-state index contributed by atoms with van der Waals surface area (Å²) in [6.45, 7) is 13.4. The summed E-state index contributed by atoms with van der Waals surface area (Å²) in [4.78, 5) is 24.4. The van der Waals surface area contributed by atoms with Gasteiger partial charge in [-0.2, -0.15) is 0 Å². The molecule has 2 fully saturated rings. The number of hydrogen-bond donors (Lipinski definition) is 3. The lowest BCUT2D eigenvalue weighted by atomic mass is 9.82. The number of carbonyl (C=O) groups is 2. The third-order valence-electron chi connectivity index (χ3n) is 8.82. The van der Waals surface area contributed by atoms with Gasteiger partial charge >= 0.3 is 11.9 Å². The Hall–Kier alpha value is -1.22. The summed E-state index contributed by atoms with van der Waals surface area (Å²) < 4.78 is 17.3. The van der Waals surface area contributed by atoms with Gasteiger partial charge in [0.25, 0.3) is 0 Å². The Morgan fingerprint density at radius 1 is 1.16 bits per heavy atom. The first kappa shape index (κ1) is 33.0. The van der Waals surface area contributed by atoms with E-state index in [1.165, 1.54) is 6.92 Å². The molecule has 2 aliphatic rings. The number of aliphatic hydroxyl groups is 3.